The second-order valence-corrected chi connectivity index (χ2v) is 1.77. The Morgan fingerprint density at radius 3 is 2.88 bits per heavy atom. The van der Waals surface area contributed by atoms with E-state index in [9.17, 15) is 0 Å². The number of hydrogen-bond donors (Lipinski definition) is 1. The molecule has 44 valence electrons. The topological polar surface area (TPSA) is 32.8 Å². The maximum absolute atomic E-state index is 8.34. The summed E-state index contributed by atoms with van der Waals surface area (Å²) >= 11 is 0. The molecule has 2 heteroatoms. The van der Waals surface area contributed by atoms with Gasteiger partial charge in [-0.15, -0.1) is 6.42 Å². The van der Waals surface area contributed by atoms with Gasteiger partial charge in [0.2, 0.25) is 0 Å². The van der Waals surface area contributed by atoms with Gasteiger partial charge in [0.1, 0.15) is 6.10 Å². The molecular weight excluding hydrogens is 104 g/mol. The molecule has 2 unspecified atom stereocenters. The molecule has 0 saturated carbocycles. The van der Waals surface area contributed by atoms with Crippen LogP contribution >= 0.6 is 0 Å². The summed E-state index contributed by atoms with van der Waals surface area (Å²) < 4.78 is 4.91. The third-order valence-electron chi connectivity index (χ3n) is 1.16. The van der Waals surface area contributed by atoms with Crippen LogP contribution in [0.3, 0.4) is 0 Å². The molecule has 0 spiro atoms. The van der Waals surface area contributed by atoms with Crippen LogP contribution in [0.4, 0.5) is 0 Å². The van der Waals surface area contributed by atoms with Crippen molar-refractivity contribution in [3.63, 3.8) is 0 Å². The summed E-state index contributed by atoms with van der Waals surface area (Å²) in [7, 11) is 0. The molecule has 0 aromatic carbocycles. The molecule has 2 atom stereocenters. The number of ether oxygens (including phenoxy) is 1. The van der Waals surface area contributed by atoms with Crippen LogP contribution in [0.5, 0.6) is 0 Å². The second-order valence-electron chi connectivity index (χ2n) is 1.77. The summed E-state index contributed by atoms with van der Waals surface area (Å²) in [5.41, 5.74) is 0. The van der Waals surface area contributed by atoms with Gasteiger partial charge < -0.3 is 9.84 Å². The van der Waals surface area contributed by atoms with Gasteiger partial charge in [-0.3, -0.25) is 0 Å². The van der Waals surface area contributed by atoms with Crippen LogP contribution in [-0.2, 0) is 4.74 Å². The van der Waals surface area contributed by atoms with Gasteiger partial charge in [-0.25, -0.2) is 0 Å². The van der Waals surface area contributed by atoms with Crippen molar-refractivity contribution in [3.8, 4) is 12.3 Å². The quantitative estimate of drug-likeness (QED) is 0.395. The Hall–Kier alpha value is -0.520. The Morgan fingerprint density at radius 2 is 2.50 bits per heavy atom. The molecule has 0 radical (unpaired) electrons. The Bertz CT molecular complexity index is 114. The van der Waals surface area contributed by atoms with Gasteiger partial charge in [0, 0.05) is 13.0 Å². The standard InChI is InChI=1S/C6H8O2/c1-2-5-6(8-5)3-4-7/h1,5-7H,3-4H2. The monoisotopic (exact) mass is 112 g/mol. The number of rotatable bonds is 2. The Morgan fingerprint density at radius 1 is 1.75 bits per heavy atom. The van der Waals surface area contributed by atoms with E-state index in [1.54, 1.807) is 0 Å². The molecule has 0 aromatic heterocycles. The highest BCUT2D eigenvalue weighted by atomic mass is 16.6. The second kappa shape index (κ2) is 2.17. The zero-order valence-corrected chi connectivity index (χ0v) is 4.50. The van der Waals surface area contributed by atoms with E-state index in [4.69, 9.17) is 16.3 Å². The van der Waals surface area contributed by atoms with Gasteiger partial charge in [-0.1, -0.05) is 5.92 Å². The molecule has 0 amide bonds. The highest BCUT2D eigenvalue weighted by Gasteiger charge is 2.35. The van der Waals surface area contributed by atoms with E-state index < -0.39 is 0 Å². The minimum atomic E-state index is -0.0119. The van der Waals surface area contributed by atoms with Crippen LogP contribution in [0.1, 0.15) is 6.42 Å². The van der Waals surface area contributed by atoms with Crippen LogP contribution in [0.15, 0.2) is 0 Å². The molecule has 0 bridgehead atoms. The predicted molar refractivity (Wildman–Crippen MR) is 29.2 cm³/mol. The normalized spacial score (nSPS) is 34.0. The first-order valence-electron chi connectivity index (χ1n) is 2.61. The highest BCUT2D eigenvalue weighted by Crippen LogP contribution is 2.23. The Labute approximate surface area is 48.5 Å². The van der Waals surface area contributed by atoms with Crippen molar-refractivity contribution in [2.24, 2.45) is 0 Å². The van der Waals surface area contributed by atoms with Crippen LogP contribution in [0.2, 0.25) is 0 Å². The van der Waals surface area contributed by atoms with E-state index >= 15 is 0 Å². The van der Waals surface area contributed by atoms with Gasteiger partial charge in [0.15, 0.2) is 0 Å². The number of epoxide rings is 1. The third-order valence-corrected chi connectivity index (χ3v) is 1.16. The molecule has 8 heavy (non-hydrogen) atoms. The zero-order valence-electron chi connectivity index (χ0n) is 4.50. The highest BCUT2D eigenvalue weighted by molar-refractivity contribution is 5.07. The zero-order chi connectivity index (χ0) is 5.98. The van der Waals surface area contributed by atoms with Gasteiger partial charge in [-0.05, 0) is 0 Å². The van der Waals surface area contributed by atoms with Crippen molar-refractivity contribution in [3.05, 3.63) is 0 Å². The Balaban J connectivity index is 2.10. The minimum absolute atomic E-state index is 0.0119. The largest absolute Gasteiger partial charge is 0.396 e. The van der Waals surface area contributed by atoms with Gasteiger partial charge in [0.25, 0.3) is 0 Å². The van der Waals surface area contributed by atoms with Crippen LogP contribution in [-0.4, -0.2) is 23.9 Å². The van der Waals surface area contributed by atoms with Crippen molar-refractivity contribution in [2.75, 3.05) is 6.61 Å². The van der Waals surface area contributed by atoms with Crippen molar-refractivity contribution < 1.29 is 9.84 Å². The molecule has 2 nitrogen and oxygen atoms in total. The predicted octanol–water partition coefficient (Wildman–Crippen LogP) is -0.231. The van der Waals surface area contributed by atoms with E-state index in [-0.39, 0.29) is 18.8 Å². The number of hydrogen-bond acceptors (Lipinski definition) is 2. The average Bonchev–Trinajstić information content (AvgIpc) is 2.48. The van der Waals surface area contributed by atoms with Crippen LogP contribution < -0.4 is 0 Å². The average molecular weight is 112 g/mol. The Kier molecular flexibility index (Phi) is 1.52. The smallest absolute Gasteiger partial charge is 0.144 e. The summed E-state index contributed by atoms with van der Waals surface area (Å²) in [6.07, 6.45) is 5.80. The third kappa shape index (κ3) is 1.00. The first kappa shape index (κ1) is 5.61. The molecule has 1 saturated heterocycles. The summed E-state index contributed by atoms with van der Waals surface area (Å²) in [4.78, 5) is 0. The van der Waals surface area contributed by atoms with E-state index in [1.165, 1.54) is 0 Å². The molecule has 1 heterocycles. The summed E-state index contributed by atoms with van der Waals surface area (Å²) in [5, 5.41) is 8.34. The molecule has 0 aliphatic carbocycles. The summed E-state index contributed by atoms with van der Waals surface area (Å²) in [6.45, 7) is 0.169. The van der Waals surface area contributed by atoms with Gasteiger partial charge in [0.05, 0.1) is 6.10 Å². The van der Waals surface area contributed by atoms with Crippen LogP contribution in [0, 0.1) is 12.3 Å². The number of aliphatic hydroxyl groups excluding tert-OH is 1. The lowest BCUT2D eigenvalue weighted by molar-refractivity contribution is 0.263. The van der Waals surface area contributed by atoms with Crippen molar-refractivity contribution in [1.82, 2.24) is 0 Å². The van der Waals surface area contributed by atoms with E-state index in [0.29, 0.717) is 6.42 Å². The van der Waals surface area contributed by atoms with E-state index in [2.05, 4.69) is 5.92 Å². The molecule has 1 aliphatic rings. The van der Waals surface area contributed by atoms with Crippen molar-refractivity contribution in [2.45, 2.75) is 18.6 Å². The maximum atomic E-state index is 8.34. The first-order valence-corrected chi connectivity index (χ1v) is 2.61. The summed E-state index contributed by atoms with van der Waals surface area (Å²) in [5.74, 6) is 2.44. The fourth-order valence-electron chi connectivity index (χ4n) is 0.636. The first-order chi connectivity index (χ1) is 3.88. The number of aliphatic hydroxyl groups is 1. The molecule has 1 fully saturated rings. The van der Waals surface area contributed by atoms with E-state index in [0.717, 1.165) is 0 Å². The molecular formula is C6H8O2. The molecule has 1 aliphatic heterocycles. The van der Waals surface area contributed by atoms with Crippen molar-refractivity contribution >= 4 is 0 Å². The van der Waals surface area contributed by atoms with E-state index in [1.807, 2.05) is 0 Å². The van der Waals surface area contributed by atoms with Gasteiger partial charge >= 0.3 is 0 Å². The van der Waals surface area contributed by atoms with Gasteiger partial charge in [-0.2, -0.15) is 0 Å². The SMILES string of the molecule is C#CC1OC1CCO. The van der Waals surface area contributed by atoms with Crippen LogP contribution in [0.25, 0.3) is 0 Å². The molecule has 1 N–H and O–H groups in total. The fourth-order valence-corrected chi connectivity index (χ4v) is 0.636. The lowest BCUT2D eigenvalue weighted by atomic mass is 10.2. The molecule has 1 rings (SSSR count). The minimum Gasteiger partial charge on any atom is -0.396 e. The summed E-state index contributed by atoms with van der Waals surface area (Å²) in [6, 6.07) is 0. The molecule has 0 aromatic rings. The lowest BCUT2D eigenvalue weighted by Crippen LogP contribution is -1.93. The fraction of sp³-hybridized carbons (Fsp3) is 0.667. The maximum Gasteiger partial charge on any atom is 0.144 e. The van der Waals surface area contributed by atoms with Crippen molar-refractivity contribution in [1.29, 1.82) is 0 Å². The lowest BCUT2D eigenvalue weighted by Gasteiger charge is -1.81. The number of terminal acetylenes is 1.